The van der Waals surface area contributed by atoms with Crippen molar-refractivity contribution in [3.8, 4) is 0 Å². The fourth-order valence-corrected chi connectivity index (χ4v) is 1.61. The fourth-order valence-electron chi connectivity index (χ4n) is 1.61. The Morgan fingerprint density at radius 3 is 2.60 bits per heavy atom. The van der Waals surface area contributed by atoms with Gasteiger partial charge < -0.3 is 0 Å². The predicted molar refractivity (Wildman–Crippen MR) is 44.6 cm³/mol. The second kappa shape index (κ2) is 3.23. The summed E-state index contributed by atoms with van der Waals surface area (Å²) in [4.78, 5) is 0. The largest absolute Gasteiger partial charge is 0.0696 e. The van der Waals surface area contributed by atoms with Gasteiger partial charge in [0.25, 0.3) is 0 Å². The first-order valence-corrected chi connectivity index (χ1v) is 4.26. The Morgan fingerprint density at radius 2 is 2.20 bits per heavy atom. The fraction of sp³-hybridized carbons (Fsp3) is 0.800. The second-order valence-corrected chi connectivity index (χ2v) is 3.70. The zero-order valence-corrected chi connectivity index (χ0v) is 7.28. The van der Waals surface area contributed by atoms with Gasteiger partial charge in [0.2, 0.25) is 0 Å². The predicted octanol–water partition coefficient (Wildman–Crippen LogP) is 3.19. The second-order valence-electron chi connectivity index (χ2n) is 3.70. The van der Waals surface area contributed by atoms with E-state index in [-0.39, 0.29) is 0 Å². The monoisotopic (exact) mass is 137 g/mol. The smallest absolute Gasteiger partial charge is 0.0274 e. The van der Waals surface area contributed by atoms with Gasteiger partial charge in [0.05, 0.1) is 0 Å². The molecule has 0 bridgehead atoms. The summed E-state index contributed by atoms with van der Waals surface area (Å²) < 4.78 is 0. The van der Waals surface area contributed by atoms with Gasteiger partial charge >= 0.3 is 0 Å². The summed E-state index contributed by atoms with van der Waals surface area (Å²) in [5.41, 5.74) is 1.48. The lowest BCUT2D eigenvalue weighted by Crippen LogP contribution is -2.12. The molecule has 0 heterocycles. The van der Waals surface area contributed by atoms with Gasteiger partial charge in [-0.15, -0.1) is 0 Å². The number of rotatable bonds is 1. The Hall–Kier alpha value is -0.260. The van der Waals surface area contributed by atoms with E-state index in [2.05, 4.69) is 26.8 Å². The molecular formula is C10H17. The van der Waals surface area contributed by atoms with E-state index in [1.54, 1.807) is 0 Å². The van der Waals surface area contributed by atoms with Crippen molar-refractivity contribution < 1.29 is 0 Å². The molecule has 0 amide bonds. The number of hydrogen-bond donors (Lipinski definition) is 0. The summed E-state index contributed by atoms with van der Waals surface area (Å²) in [5, 5.41) is 0. The maximum Gasteiger partial charge on any atom is -0.0274 e. The minimum absolute atomic E-state index is 0.858. The lowest BCUT2D eigenvalue weighted by molar-refractivity contribution is 0.344. The van der Waals surface area contributed by atoms with Crippen LogP contribution >= 0.6 is 0 Å². The molecular weight excluding hydrogens is 120 g/mol. The highest BCUT2D eigenvalue weighted by atomic mass is 14.2. The maximum atomic E-state index is 3.38. The topological polar surface area (TPSA) is 0 Å². The molecule has 1 atom stereocenters. The molecule has 0 aromatic carbocycles. The first-order valence-electron chi connectivity index (χ1n) is 4.26. The lowest BCUT2D eigenvalue weighted by atomic mass is 9.82. The van der Waals surface area contributed by atoms with E-state index in [4.69, 9.17) is 0 Å². The van der Waals surface area contributed by atoms with Crippen LogP contribution in [0.4, 0.5) is 0 Å². The van der Waals surface area contributed by atoms with Gasteiger partial charge in [-0.25, -0.2) is 0 Å². The average Bonchev–Trinajstić information content (AvgIpc) is 1.88. The molecule has 0 heteroatoms. The van der Waals surface area contributed by atoms with Gasteiger partial charge in [0, 0.05) is 0 Å². The van der Waals surface area contributed by atoms with Gasteiger partial charge in [-0.3, -0.25) is 0 Å². The van der Waals surface area contributed by atoms with Crippen LogP contribution in [0.3, 0.4) is 0 Å². The van der Waals surface area contributed by atoms with E-state index < -0.39 is 0 Å². The van der Waals surface area contributed by atoms with Crippen LogP contribution in [0, 0.1) is 17.9 Å². The highest BCUT2D eigenvalue weighted by Crippen LogP contribution is 2.28. The van der Waals surface area contributed by atoms with E-state index in [0.717, 1.165) is 11.8 Å². The molecule has 1 radical (unpaired) electrons. The van der Waals surface area contributed by atoms with Crippen molar-refractivity contribution in [3.05, 3.63) is 11.6 Å². The molecule has 0 aromatic heterocycles. The van der Waals surface area contributed by atoms with Crippen LogP contribution in [0.25, 0.3) is 0 Å². The molecule has 0 spiro atoms. The summed E-state index contributed by atoms with van der Waals surface area (Å²) in [7, 11) is 0. The highest BCUT2D eigenvalue weighted by Gasteiger charge is 2.16. The minimum atomic E-state index is 0.858. The molecule has 1 aliphatic carbocycles. The van der Waals surface area contributed by atoms with Gasteiger partial charge in [0.15, 0.2) is 0 Å². The van der Waals surface area contributed by atoms with Gasteiger partial charge in [-0.2, -0.15) is 0 Å². The third-order valence-corrected chi connectivity index (χ3v) is 2.45. The normalized spacial score (nSPS) is 26.8. The Labute approximate surface area is 64.3 Å². The Balaban J connectivity index is 2.45. The van der Waals surface area contributed by atoms with Crippen molar-refractivity contribution >= 4 is 0 Å². The molecule has 0 nitrogen and oxygen atoms in total. The molecule has 57 valence electrons. The van der Waals surface area contributed by atoms with E-state index >= 15 is 0 Å². The maximum absolute atomic E-state index is 3.38. The van der Waals surface area contributed by atoms with Gasteiger partial charge in [-0.1, -0.05) is 19.4 Å². The SMILES string of the molecule is CC1=[C]CCC(C(C)C)C1. The number of allylic oxidation sites excluding steroid dienone is 2. The number of hydrogen-bond acceptors (Lipinski definition) is 0. The van der Waals surface area contributed by atoms with Crippen molar-refractivity contribution in [2.45, 2.75) is 40.0 Å². The van der Waals surface area contributed by atoms with Crippen LogP contribution in [-0.4, -0.2) is 0 Å². The van der Waals surface area contributed by atoms with Crippen LogP contribution in [-0.2, 0) is 0 Å². The third kappa shape index (κ3) is 1.86. The molecule has 1 unspecified atom stereocenters. The summed E-state index contributed by atoms with van der Waals surface area (Å²) >= 11 is 0. The summed E-state index contributed by atoms with van der Waals surface area (Å²) in [5.74, 6) is 1.79. The minimum Gasteiger partial charge on any atom is -0.0696 e. The molecule has 1 aliphatic rings. The zero-order valence-electron chi connectivity index (χ0n) is 7.28. The molecule has 0 aliphatic heterocycles. The third-order valence-electron chi connectivity index (χ3n) is 2.45. The van der Waals surface area contributed by atoms with Crippen molar-refractivity contribution in [2.75, 3.05) is 0 Å². The van der Waals surface area contributed by atoms with Crippen LogP contribution in [0.1, 0.15) is 40.0 Å². The Morgan fingerprint density at radius 1 is 1.50 bits per heavy atom. The van der Waals surface area contributed by atoms with Crippen LogP contribution in [0.15, 0.2) is 5.57 Å². The van der Waals surface area contributed by atoms with Crippen LogP contribution in [0.2, 0.25) is 0 Å². The van der Waals surface area contributed by atoms with E-state index in [1.165, 1.54) is 24.8 Å². The van der Waals surface area contributed by atoms with Gasteiger partial charge in [0.1, 0.15) is 0 Å². The molecule has 0 N–H and O–H groups in total. The average molecular weight is 137 g/mol. The van der Waals surface area contributed by atoms with Crippen LogP contribution in [0.5, 0.6) is 0 Å². The van der Waals surface area contributed by atoms with Crippen LogP contribution < -0.4 is 0 Å². The molecule has 1 rings (SSSR count). The highest BCUT2D eigenvalue weighted by molar-refractivity contribution is 4.98. The molecule has 10 heavy (non-hydrogen) atoms. The summed E-state index contributed by atoms with van der Waals surface area (Å²) in [6, 6.07) is 0. The molecule has 0 saturated heterocycles. The lowest BCUT2D eigenvalue weighted by Gasteiger charge is -2.23. The standard InChI is InChI=1S/C10H17/c1-8(2)10-6-4-5-9(3)7-10/h8,10H,4,6-7H2,1-3H3. The zero-order chi connectivity index (χ0) is 7.56. The van der Waals surface area contributed by atoms with E-state index in [0.29, 0.717) is 0 Å². The first-order chi connectivity index (χ1) is 4.70. The van der Waals surface area contributed by atoms with Gasteiger partial charge in [-0.05, 0) is 44.1 Å². The Kier molecular flexibility index (Phi) is 2.53. The van der Waals surface area contributed by atoms with Crippen molar-refractivity contribution in [1.82, 2.24) is 0 Å². The first kappa shape index (κ1) is 7.84. The molecule has 0 fully saturated rings. The van der Waals surface area contributed by atoms with Crippen molar-refractivity contribution in [1.29, 1.82) is 0 Å². The van der Waals surface area contributed by atoms with Crippen molar-refractivity contribution in [2.24, 2.45) is 11.8 Å². The quantitative estimate of drug-likeness (QED) is 0.520. The van der Waals surface area contributed by atoms with E-state index in [9.17, 15) is 0 Å². The molecule has 0 saturated carbocycles. The summed E-state index contributed by atoms with van der Waals surface area (Å²) in [6.07, 6.45) is 7.22. The Bertz CT molecular complexity index is 131. The van der Waals surface area contributed by atoms with Crippen molar-refractivity contribution in [3.63, 3.8) is 0 Å². The molecule has 0 aromatic rings. The summed E-state index contributed by atoms with van der Waals surface area (Å²) in [6.45, 7) is 6.85. The van der Waals surface area contributed by atoms with E-state index in [1.807, 2.05) is 0 Å².